The summed E-state index contributed by atoms with van der Waals surface area (Å²) in [6, 6.07) is 5.78. The number of nitrogen functional groups attached to an aromatic ring is 2. The zero-order chi connectivity index (χ0) is 20.5. The summed E-state index contributed by atoms with van der Waals surface area (Å²) in [6.07, 6.45) is 4.53. The Bertz CT molecular complexity index is 1050. The number of anilines is 2. The molecule has 0 bridgehead atoms. The monoisotopic (exact) mass is 393 g/mol. The molecule has 0 aliphatic carbocycles. The molecule has 3 aromatic rings. The molecule has 3 heterocycles. The molecule has 4 rings (SSSR count). The molecule has 0 atom stereocenters. The van der Waals surface area contributed by atoms with Gasteiger partial charge < -0.3 is 16.4 Å². The van der Waals surface area contributed by atoms with Crippen molar-refractivity contribution in [1.82, 2.24) is 24.6 Å². The smallest absolute Gasteiger partial charge is 0.219 e. The van der Waals surface area contributed by atoms with E-state index in [2.05, 4.69) is 9.97 Å². The molecule has 4 N–H and O–H groups in total. The molecule has 2 aromatic heterocycles. The Labute approximate surface area is 169 Å². The fraction of sp³-hybridized carbons (Fsp3) is 0.429. The maximum Gasteiger partial charge on any atom is 0.219 e. The summed E-state index contributed by atoms with van der Waals surface area (Å²) in [7, 11) is 0. The van der Waals surface area contributed by atoms with Gasteiger partial charge in [-0.1, -0.05) is 6.07 Å². The predicted octanol–water partition coefficient (Wildman–Crippen LogP) is 2.61. The van der Waals surface area contributed by atoms with Crippen molar-refractivity contribution in [1.29, 1.82) is 0 Å². The van der Waals surface area contributed by atoms with Crippen molar-refractivity contribution < 1.29 is 4.79 Å². The maximum atomic E-state index is 11.5. The van der Waals surface area contributed by atoms with E-state index < -0.39 is 0 Å². The molecule has 1 amide bonds. The zero-order valence-electron chi connectivity index (χ0n) is 16.9. The topological polar surface area (TPSA) is 116 Å². The highest BCUT2D eigenvalue weighted by molar-refractivity contribution is 5.98. The molecule has 0 unspecified atom stereocenters. The van der Waals surface area contributed by atoms with Gasteiger partial charge in [-0.25, -0.2) is 14.6 Å². The van der Waals surface area contributed by atoms with E-state index in [1.54, 1.807) is 6.92 Å². The molecule has 0 saturated carbocycles. The van der Waals surface area contributed by atoms with Crippen LogP contribution in [0.3, 0.4) is 0 Å². The second kappa shape index (κ2) is 7.69. The van der Waals surface area contributed by atoms with Crippen LogP contribution in [-0.2, 0) is 11.3 Å². The second-order valence-corrected chi connectivity index (χ2v) is 7.84. The quantitative estimate of drug-likeness (QED) is 0.658. The number of aromatic nitrogens is 4. The number of benzene rings is 1. The van der Waals surface area contributed by atoms with Crippen LogP contribution < -0.4 is 11.5 Å². The van der Waals surface area contributed by atoms with Gasteiger partial charge in [0.05, 0.1) is 5.39 Å². The van der Waals surface area contributed by atoms with E-state index in [-0.39, 0.29) is 5.91 Å². The van der Waals surface area contributed by atoms with E-state index in [1.165, 1.54) is 6.33 Å². The molecule has 1 aliphatic heterocycles. The summed E-state index contributed by atoms with van der Waals surface area (Å²) in [6.45, 7) is 6.09. The van der Waals surface area contributed by atoms with E-state index in [4.69, 9.17) is 16.6 Å². The van der Waals surface area contributed by atoms with E-state index in [0.29, 0.717) is 11.7 Å². The second-order valence-electron chi connectivity index (χ2n) is 7.84. The first-order valence-electron chi connectivity index (χ1n) is 10.0. The van der Waals surface area contributed by atoms with Crippen molar-refractivity contribution >= 4 is 28.4 Å². The van der Waals surface area contributed by atoms with Crippen LogP contribution >= 0.6 is 0 Å². The summed E-state index contributed by atoms with van der Waals surface area (Å²) in [5, 5.41) is 5.65. The first kappa shape index (κ1) is 19.2. The van der Waals surface area contributed by atoms with E-state index >= 15 is 0 Å². The molecule has 0 spiro atoms. The van der Waals surface area contributed by atoms with Crippen LogP contribution in [0.1, 0.15) is 31.7 Å². The predicted molar refractivity (Wildman–Crippen MR) is 114 cm³/mol. The molecular formula is C21H27N7O. The van der Waals surface area contributed by atoms with Crippen molar-refractivity contribution in [3.63, 3.8) is 0 Å². The first-order chi connectivity index (χ1) is 13.9. The Morgan fingerprint density at radius 2 is 1.97 bits per heavy atom. The minimum atomic E-state index is 0.164. The number of rotatable bonds is 4. The summed E-state index contributed by atoms with van der Waals surface area (Å²) in [5.74, 6) is 1.17. The number of nitrogens with zero attached hydrogens (tertiary/aromatic N) is 5. The molecule has 8 heteroatoms. The molecule has 1 saturated heterocycles. The third-order valence-electron chi connectivity index (χ3n) is 5.87. The molecule has 1 aromatic carbocycles. The van der Waals surface area contributed by atoms with Crippen LogP contribution in [0.5, 0.6) is 0 Å². The lowest BCUT2D eigenvalue weighted by Gasteiger charge is -2.31. The Balaban J connectivity index is 1.61. The van der Waals surface area contributed by atoms with Gasteiger partial charge in [0.2, 0.25) is 5.91 Å². The summed E-state index contributed by atoms with van der Waals surface area (Å²) in [4.78, 5) is 22.1. The van der Waals surface area contributed by atoms with Crippen LogP contribution in [0.15, 0.2) is 24.5 Å². The number of amides is 1. The van der Waals surface area contributed by atoms with E-state index in [9.17, 15) is 4.79 Å². The number of carbonyl (C=O) groups excluding carboxylic acids is 1. The van der Waals surface area contributed by atoms with Crippen LogP contribution in [0.4, 0.5) is 11.5 Å². The zero-order valence-corrected chi connectivity index (χ0v) is 16.9. The molecule has 0 radical (unpaired) electrons. The van der Waals surface area contributed by atoms with Crippen LogP contribution in [-0.4, -0.2) is 43.6 Å². The number of fused-ring (bicyclic) bond motifs is 1. The normalized spacial score (nSPS) is 15.2. The van der Waals surface area contributed by atoms with Crippen molar-refractivity contribution in [2.75, 3.05) is 24.6 Å². The largest absolute Gasteiger partial charge is 0.399 e. The van der Waals surface area contributed by atoms with Gasteiger partial charge in [-0.3, -0.25) is 4.79 Å². The summed E-state index contributed by atoms with van der Waals surface area (Å²) >= 11 is 0. The molecule has 152 valence electrons. The van der Waals surface area contributed by atoms with Crippen molar-refractivity contribution in [3.05, 3.63) is 30.1 Å². The van der Waals surface area contributed by atoms with Crippen LogP contribution in [0.2, 0.25) is 0 Å². The first-order valence-corrected chi connectivity index (χ1v) is 10.0. The Kier molecular flexibility index (Phi) is 5.08. The van der Waals surface area contributed by atoms with Crippen LogP contribution in [0, 0.1) is 12.8 Å². The number of nitrogens with two attached hydrogens (primary N) is 2. The Morgan fingerprint density at radius 1 is 1.21 bits per heavy atom. The number of aryl methyl sites for hydroxylation is 2. The van der Waals surface area contributed by atoms with Gasteiger partial charge in [0.1, 0.15) is 17.8 Å². The highest BCUT2D eigenvalue weighted by Gasteiger charge is 2.22. The number of carbonyl (C=O) groups is 1. The Hall–Kier alpha value is -3.16. The SMILES string of the molecule is CC(=O)N1CCC(CCn2nc(-c3ccc(N)cc3C)c3c(N)ncnc32)CC1. The third-order valence-corrected chi connectivity index (χ3v) is 5.87. The average molecular weight is 393 g/mol. The molecule has 1 fully saturated rings. The lowest BCUT2D eigenvalue weighted by atomic mass is 9.93. The highest BCUT2D eigenvalue weighted by atomic mass is 16.2. The van der Waals surface area contributed by atoms with Gasteiger partial charge >= 0.3 is 0 Å². The minimum absolute atomic E-state index is 0.164. The molecule has 8 nitrogen and oxygen atoms in total. The lowest BCUT2D eigenvalue weighted by Crippen LogP contribution is -2.37. The van der Waals surface area contributed by atoms with Gasteiger partial charge in [-0.2, -0.15) is 5.10 Å². The minimum Gasteiger partial charge on any atom is -0.399 e. The standard InChI is InChI=1S/C21H27N7O/c1-13-11-16(22)3-4-17(13)19-18-20(23)24-12-25-21(18)28(26-19)10-7-15-5-8-27(9-6-15)14(2)29/h3-4,11-12,15H,5-10,22H2,1-2H3,(H2,23,24,25). The van der Waals surface area contributed by atoms with Gasteiger partial charge in [0.15, 0.2) is 5.65 Å². The molecule has 1 aliphatic rings. The lowest BCUT2D eigenvalue weighted by molar-refractivity contribution is -0.130. The van der Waals surface area contributed by atoms with Crippen molar-refractivity contribution in [2.45, 2.75) is 39.7 Å². The van der Waals surface area contributed by atoms with Gasteiger partial charge in [0.25, 0.3) is 0 Å². The third kappa shape index (κ3) is 3.74. The van der Waals surface area contributed by atoms with E-state index in [1.807, 2.05) is 34.7 Å². The van der Waals surface area contributed by atoms with E-state index in [0.717, 1.165) is 72.4 Å². The summed E-state index contributed by atoms with van der Waals surface area (Å²) < 4.78 is 1.94. The fourth-order valence-corrected chi connectivity index (χ4v) is 4.17. The van der Waals surface area contributed by atoms with Gasteiger partial charge in [-0.05, 0) is 49.8 Å². The number of hydrogen-bond acceptors (Lipinski definition) is 6. The average Bonchev–Trinajstić information content (AvgIpc) is 3.06. The van der Waals surface area contributed by atoms with Crippen molar-refractivity contribution in [2.24, 2.45) is 5.92 Å². The van der Waals surface area contributed by atoms with Crippen LogP contribution in [0.25, 0.3) is 22.3 Å². The molecule has 29 heavy (non-hydrogen) atoms. The van der Waals surface area contributed by atoms with Gasteiger partial charge in [-0.15, -0.1) is 0 Å². The number of piperidine rings is 1. The number of hydrogen-bond donors (Lipinski definition) is 2. The number of likely N-dealkylation sites (tertiary alicyclic amines) is 1. The summed E-state index contributed by atoms with van der Waals surface area (Å²) in [5.41, 5.74) is 16.4. The van der Waals surface area contributed by atoms with Gasteiger partial charge in [0, 0.05) is 37.8 Å². The highest BCUT2D eigenvalue weighted by Crippen LogP contribution is 2.33. The van der Waals surface area contributed by atoms with Crippen molar-refractivity contribution in [3.8, 4) is 11.3 Å². The Morgan fingerprint density at radius 3 is 2.66 bits per heavy atom. The maximum absolute atomic E-state index is 11.5. The molecular weight excluding hydrogens is 366 g/mol. The fourth-order valence-electron chi connectivity index (χ4n) is 4.17.